The first-order chi connectivity index (χ1) is 4.79. The lowest BCUT2D eigenvalue weighted by molar-refractivity contribution is -0.107. The maximum absolute atomic E-state index is 11.0. The topological polar surface area (TPSA) is 52.6 Å². The minimum atomic E-state index is -0.552. The predicted molar refractivity (Wildman–Crippen MR) is 40.3 cm³/mol. The molecule has 1 saturated heterocycles. The number of hydrogen-bond acceptors (Lipinski definition) is 2. The molecule has 0 aromatic rings. The summed E-state index contributed by atoms with van der Waals surface area (Å²) in [6, 6.07) is -0.431. The molecule has 0 aliphatic carbocycles. The Bertz CT molecular complexity index is 199. The molecule has 2 N–H and O–H groups in total. The molecular weight excluding hydrogens is 144 g/mol. The quantitative estimate of drug-likeness (QED) is 0.516. The molecule has 0 saturated carbocycles. The van der Waals surface area contributed by atoms with E-state index in [2.05, 4.69) is 5.32 Å². The fourth-order valence-corrected chi connectivity index (χ4v) is 0.992. The molecule has 1 rings (SSSR count). The van der Waals surface area contributed by atoms with Gasteiger partial charge in [-0.25, -0.2) is 4.79 Å². The standard InChI is InChI=1S/C7H14N2O2/c1-6(2)7(3,4)9(11)5(10)8-6/h11H,1-4H3,(H,8,10). The molecule has 0 aromatic carbocycles. The highest BCUT2D eigenvalue weighted by Crippen LogP contribution is 2.31. The van der Waals surface area contributed by atoms with Crippen LogP contribution in [0.4, 0.5) is 4.79 Å². The molecule has 0 unspecified atom stereocenters. The summed E-state index contributed by atoms with van der Waals surface area (Å²) in [4.78, 5) is 11.0. The first-order valence-corrected chi connectivity index (χ1v) is 3.60. The van der Waals surface area contributed by atoms with Gasteiger partial charge in [0.2, 0.25) is 0 Å². The summed E-state index contributed by atoms with van der Waals surface area (Å²) in [7, 11) is 0. The van der Waals surface area contributed by atoms with Gasteiger partial charge in [0.05, 0.1) is 11.1 Å². The summed E-state index contributed by atoms with van der Waals surface area (Å²) in [5.41, 5.74) is -0.942. The second kappa shape index (κ2) is 1.88. The van der Waals surface area contributed by atoms with E-state index in [0.29, 0.717) is 0 Å². The van der Waals surface area contributed by atoms with Crippen molar-refractivity contribution in [1.82, 2.24) is 10.4 Å². The van der Waals surface area contributed by atoms with Crippen molar-refractivity contribution in [2.45, 2.75) is 38.8 Å². The maximum atomic E-state index is 11.0. The van der Waals surface area contributed by atoms with E-state index in [1.807, 2.05) is 27.7 Å². The highest BCUT2D eigenvalue weighted by Gasteiger charge is 2.51. The van der Waals surface area contributed by atoms with Crippen molar-refractivity contribution in [1.29, 1.82) is 0 Å². The molecule has 2 amide bonds. The van der Waals surface area contributed by atoms with Gasteiger partial charge in [-0.1, -0.05) is 0 Å². The van der Waals surface area contributed by atoms with Crippen LogP contribution in [0.1, 0.15) is 27.7 Å². The van der Waals surface area contributed by atoms with Gasteiger partial charge in [0.15, 0.2) is 0 Å². The lowest BCUT2D eigenvalue weighted by atomic mass is 9.84. The van der Waals surface area contributed by atoms with Crippen molar-refractivity contribution in [2.75, 3.05) is 0 Å². The molecule has 0 spiro atoms. The van der Waals surface area contributed by atoms with Gasteiger partial charge in [0.25, 0.3) is 0 Å². The van der Waals surface area contributed by atoms with E-state index in [1.54, 1.807) is 0 Å². The maximum Gasteiger partial charge on any atom is 0.342 e. The van der Waals surface area contributed by atoms with Gasteiger partial charge < -0.3 is 5.32 Å². The van der Waals surface area contributed by atoms with Crippen LogP contribution in [0.5, 0.6) is 0 Å². The zero-order valence-electron chi connectivity index (χ0n) is 7.30. The molecule has 1 fully saturated rings. The van der Waals surface area contributed by atoms with Gasteiger partial charge in [-0.05, 0) is 27.7 Å². The number of nitrogens with zero attached hydrogens (tertiary/aromatic N) is 1. The van der Waals surface area contributed by atoms with E-state index in [4.69, 9.17) is 0 Å². The van der Waals surface area contributed by atoms with Crippen molar-refractivity contribution in [3.05, 3.63) is 0 Å². The lowest BCUT2D eigenvalue weighted by Gasteiger charge is -2.35. The highest BCUT2D eigenvalue weighted by atomic mass is 16.5. The number of hydroxylamine groups is 2. The highest BCUT2D eigenvalue weighted by molar-refractivity contribution is 5.78. The molecule has 64 valence electrons. The van der Waals surface area contributed by atoms with Gasteiger partial charge in [-0.3, -0.25) is 5.21 Å². The van der Waals surface area contributed by atoms with Crippen LogP contribution >= 0.6 is 0 Å². The van der Waals surface area contributed by atoms with Gasteiger partial charge >= 0.3 is 6.03 Å². The van der Waals surface area contributed by atoms with Crippen molar-refractivity contribution in [3.8, 4) is 0 Å². The third kappa shape index (κ3) is 0.894. The molecule has 1 aliphatic rings. The van der Waals surface area contributed by atoms with Crippen LogP contribution in [0.2, 0.25) is 0 Å². The molecule has 0 aromatic heterocycles. The summed E-state index contributed by atoms with van der Waals surface area (Å²) in [5, 5.41) is 12.7. The fourth-order valence-electron chi connectivity index (χ4n) is 0.992. The van der Waals surface area contributed by atoms with E-state index in [0.717, 1.165) is 5.06 Å². The first-order valence-electron chi connectivity index (χ1n) is 3.60. The normalized spacial score (nSPS) is 27.0. The number of carbonyl (C=O) groups is 1. The molecule has 0 radical (unpaired) electrons. The van der Waals surface area contributed by atoms with Crippen molar-refractivity contribution < 1.29 is 10.0 Å². The molecule has 4 nitrogen and oxygen atoms in total. The van der Waals surface area contributed by atoms with Crippen LogP contribution in [-0.2, 0) is 0 Å². The number of urea groups is 1. The van der Waals surface area contributed by atoms with Crippen molar-refractivity contribution in [3.63, 3.8) is 0 Å². The molecule has 11 heavy (non-hydrogen) atoms. The Morgan fingerprint density at radius 3 is 1.91 bits per heavy atom. The molecular formula is C7H14N2O2. The van der Waals surface area contributed by atoms with Crippen LogP contribution in [0.3, 0.4) is 0 Å². The number of rotatable bonds is 0. The molecule has 4 heteroatoms. The number of amides is 2. The Morgan fingerprint density at radius 1 is 1.36 bits per heavy atom. The Balaban J connectivity index is 3.01. The van der Waals surface area contributed by atoms with Crippen LogP contribution in [0, 0.1) is 0 Å². The Kier molecular flexibility index (Phi) is 1.42. The minimum absolute atomic E-state index is 0.390. The van der Waals surface area contributed by atoms with Crippen LogP contribution in [0.15, 0.2) is 0 Å². The zero-order chi connectivity index (χ0) is 8.86. The molecule has 0 bridgehead atoms. The van der Waals surface area contributed by atoms with Gasteiger partial charge in [-0.15, -0.1) is 0 Å². The van der Waals surface area contributed by atoms with E-state index in [1.165, 1.54) is 0 Å². The Hall–Kier alpha value is -0.770. The van der Waals surface area contributed by atoms with Crippen LogP contribution in [-0.4, -0.2) is 27.4 Å². The predicted octanol–water partition coefficient (Wildman–Crippen LogP) is 0.958. The van der Waals surface area contributed by atoms with Crippen LogP contribution < -0.4 is 5.32 Å². The molecule has 1 heterocycles. The summed E-state index contributed by atoms with van der Waals surface area (Å²) in [5.74, 6) is 0. The zero-order valence-corrected chi connectivity index (χ0v) is 7.30. The van der Waals surface area contributed by atoms with Gasteiger partial charge in [0.1, 0.15) is 0 Å². The summed E-state index contributed by atoms with van der Waals surface area (Å²) >= 11 is 0. The summed E-state index contributed by atoms with van der Waals surface area (Å²) in [6.45, 7) is 7.37. The average Bonchev–Trinajstić information content (AvgIpc) is 1.93. The number of carbonyl (C=O) groups excluding carboxylic acids is 1. The van der Waals surface area contributed by atoms with E-state index < -0.39 is 17.1 Å². The Morgan fingerprint density at radius 2 is 1.82 bits per heavy atom. The second-order valence-electron chi connectivity index (χ2n) is 3.93. The van der Waals surface area contributed by atoms with Crippen LogP contribution in [0.25, 0.3) is 0 Å². The Labute approximate surface area is 66.1 Å². The molecule has 1 aliphatic heterocycles. The number of nitrogens with one attached hydrogen (secondary N) is 1. The fraction of sp³-hybridized carbons (Fsp3) is 0.857. The van der Waals surface area contributed by atoms with Gasteiger partial charge in [0, 0.05) is 0 Å². The van der Waals surface area contributed by atoms with E-state index >= 15 is 0 Å². The average molecular weight is 158 g/mol. The third-order valence-electron chi connectivity index (χ3n) is 2.67. The summed E-state index contributed by atoms with van der Waals surface area (Å²) in [6.07, 6.45) is 0. The van der Waals surface area contributed by atoms with E-state index in [-0.39, 0.29) is 0 Å². The molecule has 0 atom stereocenters. The van der Waals surface area contributed by atoms with Crippen molar-refractivity contribution >= 4 is 6.03 Å². The SMILES string of the molecule is CC1(C)NC(=O)N(O)C1(C)C. The van der Waals surface area contributed by atoms with Crippen molar-refractivity contribution in [2.24, 2.45) is 0 Å². The monoisotopic (exact) mass is 158 g/mol. The third-order valence-corrected chi connectivity index (χ3v) is 2.67. The first kappa shape index (κ1) is 8.33. The minimum Gasteiger partial charge on any atom is -0.329 e. The van der Waals surface area contributed by atoms with Gasteiger partial charge in [-0.2, -0.15) is 5.06 Å². The number of hydrogen-bond donors (Lipinski definition) is 2. The largest absolute Gasteiger partial charge is 0.342 e. The summed E-state index contributed by atoms with van der Waals surface area (Å²) < 4.78 is 0. The van der Waals surface area contributed by atoms with E-state index in [9.17, 15) is 10.0 Å². The second-order valence-corrected chi connectivity index (χ2v) is 3.93. The lowest BCUT2D eigenvalue weighted by Crippen LogP contribution is -2.52. The smallest absolute Gasteiger partial charge is 0.329 e.